The molecule has 684 valence electrons. The lowest BCUT2D eigenvalue weighted by molar-refractivity contribution is -0.142. The van der Waals surface area contributed by atoms with Crippen LogP contribution >= 0.6 is 11.8 Å². The quantitative estimate of drug-likeness (QED) is 0.0174. The molecule has 1 heterocycles. The van der Waals surface area contributed by atoms with Crippen molar-refractivity contribution < 1.29 is 87.5 Å². The van der Waals surface area contributed by atoms with Crippen LogP contribution < -0.4 is 66.3 Å². The lowest BCUT2D eigenvalue weighted by Crippen LogP contribution is -2.49. The van der Waals surface area contributed by atoms with E-state index in [0.717, 1.165) is 35.7 Å². The van der Waals surface area contributed by atoms with Gasteiger partial charge in [0.1, 0.15) is 11.5 Å². The molecule has 1 aromatic heterocycles. The lowest BCUT2D eigenvalue weighted by atomic mass is 9.86. The number of nitrogens with zero attached hydrogens (tertiary/aromatic N) is 2. The van der Waals surface area contributed by atoms with Gasteiger partial charge in [0, 0.05) is 112 Å². The summed E-state index contributed by atoms with van der Waals surface area (Å²) in [4.78, 5) is 195. The summed E-state index contributed by atoms with van der Waals surface area (Å²) in [6, 6.07) is 9.97. The van der Waals surface area contributed by atoms with E-state index in [4.69, 9.17) is 34.4 Å². The number of carbonyl (C=O) groups is 14. The Bertz CT molecular complexity index is 3790. The molecular weight excluding hydrogens is 1590 g/mol. The number of nitrogens with two attached hydrogens (primary N) is 6. The third-order valence-electron chi connectivity index (χ3n) is 21.5. The number of nitrogens with one attached hydrogen (secondary N) is 7. The molecule has 11 atom stereocenters. The van der Waals surface area contributed by atoms with E-state index in [1.165, 1.54) is 108 Å². The second-order valence-electron chi connectivity index (χ2n) is 32.4. The number of aliphatic hydroxyl groups is 2. The molecule has 0 aliphatic rings. The number of carbonyl (C=O) groups excluding carboxylic acids is 13. The number of aliphatic hydroxyl groups excluding tert-OH is 2. The van der Waals surface area contributed by atoms with Crippen LogP contribution in [-0.4, -0.2) is 202 Å². The van der Waals surface area contributed by atoms with E-state index in [0.29, 0.717) is 82.2 Å². The van der Waals surface area contributed by atoms with Crippen molar-refractivity contribution in [2.75, 3.05) is 58.4 Å². The number of H-pyrrole nitrogens is 1. The van der Waals surface area contributed by atoms with Gasteiger partial charge in [0.25, 0.3) is 0 Å². The standard InChI is InChI=1S/C44H73N11O6S.C44H70N4O12/c1-27(2)21-31(25-37(56)28(3)11-9-18-51-43(47)48)42(61)54-35(15-10-19-52-44(49)50)38(57)24-30(12-7-8-17-45)41(60)55-36(39(58)23-29(40(46)59)16-20-62-4)22-32-26-53-34-14-6-5-13-33(32)34;1-4-5-6-7-8-9-10-11-12-13-14-15-16-17-40(55)46-27-35(52)23-33(29-49)43(59)47-28-36(53)26-37(30(2)50)44(60)48-38(22-31-18-20-34(51)21-19-31)39(54)24-32(25-41(56)57)42(58)45-3/h5-6,13-14,26-31,35-36,53H,7-12,15-25,45H2,1-4H3,(H2,46,59)(H,54,61)(H,55,60)(H4,47,48,51)(H4,49,50,52);18-21,30,32-33,37-38,49-51H,4-17,22-29H2,1-3H3,(H,45,58)(H,46,55)(H,47,59)(H,48,60)(H,56,57)/t28-,29+,30+,31+,35-,36-;30-,32+,33+,37+,38+/m01/s1. The number of guanidine groups is 2. The van der Waals surface area contributed by atoms with Crippen LogP contribution in [0.4, 0.5) is 0 Å². The summed E-state index contributed by atoms with van der Waals surface area (Å²) < 4.78 is 0. The van der Waals surface area contributed by atoms with Gasteiger partial charge in [0.2, 0.25) is 41.4 Å². The maximum Gasteiger partial charge on any atom is 0.304 e. The predicted octanol–water partition coefficient (Wildman–Crippen LogP) is 6.02. The Morgan fingerprint density at radius 3 is 1.60 bits per heavy atom. The zero-order chi connectivity index (χ0) is 91.1. The minimum Gasteiger partial charge on any atom is -0.508 e. The van der Waals surface area contributed by atoms with Crippen molar-refractivity contribution in [1.29, 1.82) is 0 Å². The van der Waals surface area contributed by atoms with E-state index in [-0.39, 0.29) is 111 Å². The molecule has 33 nitrogen and oxygen atoms in total. The first-order valence-electron chi connectivity index (χ1n) is 43.3. The highest BCUT2D eigenvalue weighted by molar-refractivity contribution is 7.98. The van der Waals surface area contributed by atoms with E-state index in [9.17, 15) is 87.5 Å². The lowest BCUT2D eigenvalue weighted by Gasteiger charge is -2.26. The summed E-state index contributed by atoms with van der Waals surface area (Å²) in [7, 11) is 1.29. The molecule has 23 N–H and O–H groups in total. The number of aromatic hydroxyl groups is 1. The largest absolute Gasteiger partial charge is 0.508 e. The highest BCUT2D eigenvalue weighted by Crippen LogP contribution is 2.27. The van der Waals surface area contributed by atoms with Crippen LogP contribution in [0.3, 0.4) is 0 Å². The highest BCUT2D eigenvalue weighted by atomic mass is 32.2. The molecule has 3 aromatic rings. The van der Waals surface area contributed by atoms with Gasteiger partial charge in [-0.3, -0.25) is 77.1 Å². The van der Waals surface area contributed by atoms with Crippen LogP contribution in [0.15, 0.2) is 64.7 Å². The Labute approximate surface area is 723 Å². The number of hydrogen-bond donors (Lipinski definition) is 17. The summed E-state index contributed by atoms with van der Waals surface area (Å²) in [5.74, 6) is -14.1. The number of carboxylic acids is 1. The smallest absolute Gasteiger partial charge is 0.304 e. The first-order valence-corrected chi connectivity index (χ1v) is 44.7. The Hall–Kier alpha value is -9.67. The number of aromatic nitrogens is 1. The van der Waals surface area contributed by atoms with Crippen molar-refractivity contribution in [3.8, 4) is 5.75 Å². The van der Waals surface area contributed by atoms with Gasteiger partial charge in [-0.15, -0.1) is 0 Å². The number of phenolic OH excluding ortho intramolecular Hbond substituents is 1. The summed E-state index contributed by atoms with van der Waals surface area (Å²) in [5, 5.41) is 55.7. The van der Waals surface area contributed by atoms with Crippen molar-refractivity contribution in [2.24, 2.45) is 91.7 Å². The number of aliphatic carboxylic acids is 1. The number of ketones is 6. The average molecular weight is 1730 g/mol. The number of carboxylic acid groups (broad SMARTS) is 1. The third kappa shape index (κ3) is 46.5. The summed E-state index contributed by atoms with van der Waals surface area (Å²) >= 11 is 1.54. The number of Topliss-reactive ketones (excluding diaryl/α,β-unsaturated/α-hetero) is 6. The molecule has 0 unspecified atom stereocenters. The van der Waals surface area contributed by atoms with Gasteiger partial charge in [-0.05, 0) is 125 Å². The number of primary amides is 1. The van der Waals surface area contributed by atoms with Crippen LogP contribution in [0, 0.1) is 47.3 Å². The van der Waals surface area contributed by atoms with Crippen LogP contribution in [-0.2, 0) is 80.0 Å². The minimum absolute atomic E-state index is 0.00769. The second-order valence-corrected chi connectivity index (χ2v) is 33.4. The van der Waals surface area contributed by atoms with E-state index in [2.05, 4.69) is 53.8 Å². The fraction of sp³-hybridized carbons (Fsp3) is 0.659. The number of thioether (sulfide) groups is 1. The number of aromatic amines is 1. The Balaban J connectivity index is 0.000000827. The Morgan fingerprint density at radius 2 is 1.04 bits per heavy atom. The highest BCUT2D eigenvalue weighted by Gasteiger charge is 2.37. The molecule has 34 heteroatoms. The molecule has 3 rings (SSSR count). The number of phenols is 1. The molecule has 0 bridgehead atoms. The van der Waals surface area contributed by atoms with E-state index in [1.54, 1.807) is 6.20 Å². The normalized spacial score (nSPS) is 13.9. The number of hydrogen-bond acceptors (Lipinski definition) is 21. The fourth-order valence-corrected chi connectivity index (χ4v) is 14.7. The van der Waals surface area contributed by atoms with E-state index in [1.807, 2.05) is 51.3 Å². The van der Waals surface area contributed by atoms with E-state index < -0.39 is 157 Å². The topological polar surface area (TPSA) is 589 Å². The van der Waals surface area contributed by atoms with Gasteiger partial charge in [0.05, 0.1) is 68.1 Å². The molecule has 122 heavy (non-hydrogen) atoms. The molecule has 2 aromatic carbocycles. The van der Waals surface area contributed by atoms with Crippen molar-refractivity contribution in [1.82, 2.24) is 36.9 Å². The third-order valence-corrected chi connectivity index (χ3v) is 22.1. The summed E-state index contributed by atoms with van der Waals surface area (Å²) in [5.41, 5.74) is 35.6. The molecule has 7 amide bonds. The maximum absolute atomic E-state index is 14.4. The van der Waals surface area contributed by atoms with Gasteiger partial charge in [-0.2, -0.15) is 11.8 Å². The maximum atomic E-state index is 14.4. The van der Waals surface area contributed by atoms with Crippen LogP contribution in [0.1, 0.15) is 238 Å². The first-order chi connectivity index (χ1) is 58.1. The second kappa shape index (κ2) is 62.4. The number of unbranched alkanes of at least 4 members (excludes halogenated alkanes) is 13. The molecule has 0 saturated heterocycles. The van der Waals surface area contributed by atoms with Crippen molar-refractivity contribution in [2.45, 2.75) is 264 Å². The molecule has 0 saturated carbocycles. The van der Waals surface area contributed by atoms with Crippen LogP contribution in [0.25, 0.3) is 10.9 Å². The zero-order valence-electron chi connectivity index (χ0n) is 73.0. The van der Waals surface area contributed by atoms with Crippen molar-refractivity contribution in [3.05, 3.63) is 65.9 Å². The number of para-hydroxylation sites is 1. The van der Waals surface area contributed by atoms with Gasteiger partial charge in [0.15, 0.2) is 40.8 Å². The van der Waals surface area contributed by atoms with Crippen molar-refractivity contribution >= 4 is 117 Å². The number of amides is 7. The summed E-state index contributed by atoms with van der Waals surface area (Å²) in [6.45, 7) is 8.56. The zero-order valence-corrected chi connectivity index (χ0v) is 73.8. The SMILES string of the molecule is CCCCCCCCCCCCCCCC(=O)NCC(=O)C[C@@H](CO)C(=O)NCC(=O)C[C@H](C(=O)N[C@@H](Cc1ccc(O)cc1)C(=O)C[C@@H](CC(=O)O)C(=O)NC)[C@@H](C)O.CSCC[C@H](CC(=O)[C@H](Cc1c[nH]c2ccccc12)NC(=O)[C@H](CCCCN)CC(=O)[C@H](CCCN=C(N)N)NC(=O)[C@@H](CC(=O)[C@@H](C)CCCN=C(N)N)CC(C)C)C(N)=O. The number of rotatable bonds is 68. The first kappa shape index (κ1) is 108. The Morgan fingerprint density at radius 1 is 0.516 bits per heavy atom. The molecular formula is C88H143N15O18S. The van der Waals surface area contributed by atoms with Gasteiger partial charge >= 0.3 is 5.97 Å². The molecule has 0 spiro atoms. The predicted molar refractivity (Wildman–Crippen MR) is 473 cm³/mol. The molecule has 0 radical (unpaired) electrons. The minimum atomic E-state index is -1.40. The number of fused-ring (bicyclic) bond motifs is 1. The molecule has 0 aliphatic heterocycles. The van der Waals surface area contributed by atoms with Crippen LogP contribution in [0.5, 0.6) is 5.75 Å². The van der Waals surface area contributed by atoms with Gasteiger partial charge in [-0.1, -0.05) is 141 Å². The van der Waals surface area contributed by atoms with Crippen LogP contribution in [0.2, 0.25) is 0 Å². The Kier molecular flexibility index (Phi) is 55.5. The van der Waals surface area contributed by atoms with E-state index >= 15 is 0 Å². The molecule has 0 aliphatic carbocycles. The molecule has 0 fully saturated rings. The summed E-state index contributed by atoms with van der Waals surface area (Å²) in [6.07, 6.45) is 19.3. The van der Waals surface area contributed by atoms with Gasteiger partial charge in [-0.25, -0.2) is 0 Å². The average Bonchev–Trinajstić information content (AvgIpc) is 1.66. The number of aliphatic imine (C=N–C) groups is 2. The monoisotopic (exact) mass is 1730 g/mol. The van der Waals surface area contributed by atoms with Gasteiger partial charge < -0.3 is 91.7 Å². The fourth-order valence-electron chi connectivity index (χ4n) is 14.2. The van der Waals surface area contributed by atoms with Crippen molar-refractivity contribution in [3.63, 3.8) is 0 Å². The number of benzene rings is 2.